The smallest absolute Gasteiger partial charge is 0.308 e. The van der Waals surface area contributed by atoms with Crippen molar-refractivity contribution in [3.05, 3.63) is 30.1 Å². The zero-order valence-electron chi connectivity index (χ0n) is 14.7. The first-order valence-corrected chi connectivity index (χ1v) is 8.87. The van der Waals surface area contributed by atoms with E-state index in [9.17, 15) is 4.79 Å². The lowest BCUT2D eigenvalue weighted by atomic mass is 9.97. The lowest BCUT2D eigenvalue weighted by molar-refractivity contribution is -0.146. The predicted octanol–water partition coefficient (Wildman–Crippen LogP) is 2.24. The van der Waals surface area contributed by atoms with Crippen molar-refractivity contribution in [1.29, 1.82) is 0 Å². The van der Waals surface area contributed by atoms with Gasteiger partial charge in [-0.25, -0.2) is 15.0 Å². The number of rotatable bonds is 4. The molecule has 0 spiro atoms. The molecule has 1 saturated heterocycles. The van der Waals surface area contributed by atoms with Crippen LogP contribution in [-0.4, -0.2) is 45.7 Å². The van der Waals surface area contributed by atoms with Crippen molar-refractivity contribution in [3.8, 4) is 5.82 Å². The molecule has 3 heterocycles. The molecule has 4 rings (SSSR count). The number of carbonyl (C=O) groups excluding carboxylic acids is 1. The van der Waals surface area contributed by atoms with Gasteiger partial charge < -0.3 is 9.64 Å². The fraction of sp³-hybridized carbons (Fsp3) is 0.556. The molecule has 1 aliphatic heterocycles. The minimum Gasteiger partial charge on any atom is -0.469 e. The average Bonchev–Trinajstić information content (AvgIpc) is 3.43. The minimum atomic E-state index is -0.107. The second kappa shape index (κ2) is 6.46. The SMILES string of the molecule is COC(=O)C1CCN(c2cc(-n3cc(C4CC4)nc3C)ncn2)CC1. The van der Waals surface area contributed by atoms with E-state index < -0.39 is 0 Å². The van der Waals surface area contributed by atoms with Gasteiger partial charge in [0.1, 0.15) is 23.8 Å². The second-order valence-electron chi connectivity index (χ2n) is 6.88. The second-order valence-corrected chi connectivity index (χ2v) is 6.88. The average molecular weight is 341 g/mol. The van der Waals surface area contributed by atoms with Gasteiger partial charge in [0.05, 0.1) is 18.7 Å². The standard InChI is InChI=1S/C18H23N5O2/c1-12-21-15(13-3-4-13)10-23(12)17-9-16(19-11-20-17)22-7-5-14(6-8-22)18(24)25-2/h9-11,13-14H,3-8H2,1-2H3. The van der Waals surface area contributed by atoms with Gasteiger partial charge >= 0.3 is 5.97 Å². The van der Waals surface area contributed by atoms with Crippen LogP contribution >= 0.6 is 0 Å². The fourth-order valence-electron chi connectivity index (χ4n) is 3.46. The Morgan fingerprint density at radius 2 is 1.88 bits per heavy atom. The van der Waals surface area contributed by atoms with Gasteiger partial charge in [-0.05, 0) is 32.6 Å². The van der Waals surface area contributed by atoms with Crippen molar-refractivity contribution >= 4 is 11.8 Å². The summed E-state index contributed by atoms with van der Waals surface area (Å²) >= 11 is 0. The molecule has 0 unspecified atom stereocenters. The number of methoxy groups -OCH3 is 1. The highest BCUT2D eigenvalue weighted by atomic mass is 16.5. The molecule has 0 radical (unpaired) electrons. The Morgan fingerprint density at radius 1 is 1.16 bits per heavy atom. The zero-order valence-corrected chi connectivity index (χ0v) is 14.7. The van der Waals surface area contributed by atoms with Gasteiger partial charge in [-0.2, -0.15) is 0 Å². The number of ether oxygens (including phenoxy) is 1. The maximum atomic E-state index is 11.7. The molecule has 132 valence electrons. The van der Waals surface area contributed by atoms with Gasteiger partial charge in [-0.3, -0.25) is 9.36 Å². The largest absolute Gasteiger partial charge is 0.469 e. The predicted molar refractivity (Wildman–Crippen MR) is 92.8 cm³/mol. The van der Waals surface area contributed by atoms with Crippen LogP contribution in [-0.2, 0) is 9.53 Å². The number of hydrogen-bond acceptors (Lipinski definition) is 6. The highest BCUT2D eigenvalue weighted by molar-refractivity contribution is 5.72. The number of nitrogens with zero attached hydrogens (tertiary/aromatic N) is 5. The first kappa shape index (κ1) is 16.1. The van der Waals surface area contributed by atoms with Crippen LogP contribution in [0.1, 0.15) is 43.1 Å². The van der Waals surface area contributed by atoms with Crippen LogP contribution in [0, 0.1) is 12.8 Å². The molecule has 2 aromatic heterocycles. The number of aryl methyl sites for hydroxylation is 1. The number of carbonyl (C=O) groups is 1. The first-order chi connectivity index (χ1) is 12.2. The molecular formula is C18H23N5O2. The Bertz CT molecular complexity index is 776. The summed E-state index contributed by atoms with van der Waals surface area (Å²) in [6.07, 6.45) is 7.76. The summed E-state index contributed by atoms with van der Waals surface area (Å²) in [6, 6.07) is 2.00. The van der Waals surface area contributed by atoms with E-state index in [2.05, 4.69) is 26.0 Å². The summed E-state index contributed by atoms with van der Waals surface area (Å²) in [5, 5.41) is 0. The number of anilines is 1. The lowest BCUT2D eigenvalue weighted by Gasteiger charge is -2.31. The van der Waals surface area contributed by atoms with Crippen LogP contribution in [0.2, 0.25) is 0 Å². The van der Waals surface area contributed by atoms with Crippen LogP contribution in [0.25, 0.3) is 5.82 Å². The molecule has 2 aromatic rings. The third-order valence-corrected chi connectivity index (χ3v) is 5.14. The van der Waals surface area contributed by atoms with E-state index in [1.165, 1.54) is 20.0 Å². The van der Waals surface area contributed by atoms with Crippen molar-refractivity contribution < 1.29 is 9.53 Å². The normalized spacial score (nSPS) is 18.4. The fourth-order valence-corrected chi connectivity index (χ4v) is 3.46. The third kappa shape index (κ3) is 3.23. The van der Waals surface area contributed by atoms with Crippen molar-refractivity contribution in [2.45, 2.75) is 38.5 Å². The van der Waals surface area contributed by atoms with E-state index in [0.717, 1.165) is 49.1 Å². The maximum absolute atomic E-state index is 11.7. The highest BCUT2D eigenvalue weighted by Gasteiger charge is 2.28. The van der Waals surface area contributed by atoms with Crippen LogP contribution in [0.4, 0.5) is 5.82 Å². The van der Waals surface area contributed by atoms with Gasteiger partial charge in [0.2, 0.25) is 0 Å². The Kier molecular flexibility index (Phi) is 4.15. The molecule has 25 heavy (non-hydrogen) atoms. The van der Waals surface area contributed by atoms with Crippen molar-refractivity contribution in [3.63, 3.8) is 0 Å². The topological polar surface area (TPSA) is 73.1 Å². The number of hydrogen-bond donors (Lipinski definition) is 0. The van der Waals surface area contributed by atoms with Gasteiger partial charge in [0.25, 0.3) is 0 Å². The molecule has 7 nitrogen and oxygen atoms in total. The summed E-state index contributed by atoms with van der Waals surface area (Å²) in [5.41, 5.74) is 1.16. The van der Waals surface area contributed by atoms with E-state index in [-0.39, 0.29) is 11.9 Å². The minimum absolute atomic E-state index is 0.000416. The monoisotopic (exact) mass is 341 g/mol. The molecule has 1 aliphatic carbocycles. The molecule has 1 saturated carbocycles. The molecule has 0 atom stereocenters. The Hall–Kier alpha value is -2.44. The lowest BCUT2D eigenvalue weighted by Crippen LogP contribution is -2.37. The Morgan fingerprint density at radius 3 is 2.56 bits per heavy atom. The van der Waals surface area contributed by atoms with Crippen molar-refractivity contribution in [2.24, 2.45) is 5.92 Å². The van der Waals surface area contributed by atoms with Gasteiger partial charge in [-0.1, -0.05) is 0 Å². The highest BCUT2D eigenvalue weighted by Crippen LogP contribution is 2.39. The van der Waals surface area contributed by atoms with E-state index >= 15 is 0 Å². The molecule has 0 amide bonds. The zero-order chi connectivity index (χ0) is 17.4. The van der Waals surface area contributed by atoms with Crippen LogP contribution in [0.5, 0.6) is 0 Å². The Labute approximate surface area is 147 Å². The van der Waals surface area contributed by atoms with Gasteiger partial charge in [0.15, 0.2) is 0 Å². The summed E-state index contributed by atoms with van der Waals surface area (Å²) in [6.45, 7) is 3.61. The van der Waals surface area contributed by atoms with Crippen LogP contribution < -0.4 is 4.90 Å². The first-order valence-electron chi connectivity index (χ1n) is 8.87. The number of aromatic nitrogens is 4. The van der Waals surface area contributed by atoms with Crippen LogP contribution in [0.3, 0.4) is 0 Å². The van der Waals surface area contributed by atoms with Crippen molar-refractivity contribution in [1.82, 2.24) is 19.5 Å². The van der Waals surface area contributed by atoms with Crippen molar-refractivity contribution in [2.75, 3.05) is 25.1 Å². The van der Waals surface area contributed by atoms with E-state index in [0.29, 0.717) is 5.92 Å². The third-order valence-electron chi connectivity index (χ3n) is 5.14. The molecule has 7 heteroatoms. The van der Waals surface area contributed by atoms with Gasteiger partial charge in [-0.15, -0.1) is 0 Å². The summed E-state index contributed by atoms with van der Waals surface area (Å²) in [7, 11) is 1.45. The molecular weight excluding hydrogens is 318 g/mol. The summed E-state index contributed by atoms with van der Waals surface area (Å²) in [5.74, 6) is 3.21. The quantitative estimate of drug-likeness (QED) is 0.794. The number of imidazole rings is 1. The number of esters is 1. The van der Waals surface area contributed by atoms with E-state index in [4.69, 9.17) is 4.74 Å². The number of piperidine rings is 1. The van der Waals surface area contributed by atoms with E-state index in [1.54, 1.807) is 6.33 Å². The summed E-state index contributed by atoms with van der Waals surface area (Å²) in [4.78, 5) is 27.4. The van der Waals surface area contributed by atoms with E-state index in [1.807, 2.05) is 17.6 Å². The molecule has 0 aromatic carbocycles. The molecule has 0 N–H and O–H groups in total. The maximum Gasteiger partial charge on any atom is 0.308 e. The summed E-state index contributed by atoms with van der Waals surface area (Å²) < 4.78 is 6.90. The molecule has 2 fully saturated rings. The van der Waals surface area contributed by atoms with Crippen LogP contribution in [0.15, 0.2) is 18.6 Å². The van der Waals surface area contributed by atoms with Gasteiger partial charge in [0, 0.05) is 31.3 Å². The molecule has 0 bridgehead atoms. The molecule has 2 aliphatic rings. The Balaban J connectivity index is 1.51.